The van der Waals surface area contributed by atoms with Gasteiger partial charge in [0.1, 0.15) is 12.0 Å². The standard InChI is InChI=1S/C21H26F2/c22-20-7-2-14-1-3-16(10-15(9-14)11-20)17-4-5-19-13-21(23)8-6-18(19)12-17/h1-3,7,9,11,15-19,21H,4-6,8,10,12-13H2. The highest BCUT2D eigenvalue weighted by atomic mass is 19.1. The molecule has 0 amide bonds. The fourth-order valence-corrected chi connectivity index (χ4v) is 5.27. The van der Waals surface area contributed by atoms with Crippen molar-refractivity contribution in [1.29, 1.82) is 0 Å². The minimum absolute atomic E-state index is 0.111. The Morgan fingerprint density at radius 1 is 0.783 bits per heavy atom. The maximum Gasteiger partial charge on any atom is 0.119 e. The van der Waals surface area contributed by atoms with Crippen molar-refractivity contribution >= 4 is 0 Å². The van der Waals surface area contributed by atoms with E-state index >= 15 is 0 Å². The van der Waals surface area contributed by atoms with Crippen LogP contribution in [0.4, 0.5) is 8.78 Å². The molecule has 2 heteroatoms. The topological polar surface area (TPSA) is 0 Å². The van der Waals surface area contributed by atoms with E-state index in [1.165, 1.54) is 19.3 Å². The van der Waals surface area contributed by atoms with Gasteiger partial charge in [-0.25, -0.2) is 8.78 Å². The smallest absolute Gasteiger partial charge is 0.119 e. The number of hydrogen-bond donors (Lipinski definition) is 0. The van der Waals surface area contributed by atoms with E-state index in [2.05, 4.69) is 18.2 Å². The molecule has 0 spiro atoms. The number of hydrogen-bond acceptors (Lipinski definition) is 0. The van der Waals surface area contributed by atoms with Gasteiger partial charge in [-0.2, -0.15) is 0 Å². The fourth-order valence-electron chi connectivity index (χ4n) is 5.27. The van der Waals surface area contributed by atoms with Crippen molar-refractivity contribution in [3.63, 3.8) is 0 Å². The minimum Gasteiger partial charge on any atom is -0.247 e. The summed E-state index contributed by atoms with van der Waals surface area (Å²) in [5, 5.41) is 0. The second kappa shape index (κ2) is 6.37. The van der Waals surface area contributed by atoms with Crippen LogP contribution in [0.2, 0.25) is 0 Å². The monoisotopic (exact) mass is 316 g/mol. The van der Waals surface area contributed by atoms with Crippen molar-refractivity contribution in [3.05, 3.63) is 47.9 Å². The van der Waals surface area contributed by atoms with Crippen LogP contribution in [0.1, 0.15) is 44.9 Å². The first-order valence-electron chi connectivity index (χ1n) is 9.27. The van der Waals surface area contributed by atoms with Crippen LogP contribution >= 0.6 is 0 Å². The van der Waals surface area contributed by atoms with E-state index < -0.39 is 6.17 Å². The number of allylic oxidation sites excluding steroid dienone is 8. The van der Waals surface area contributed by atoms with Gasteiger partial charge < -0.3 is 0 Å². The predicted molar refractivity (Wildman–Crippen MR) is 90.2 cm³/mol. The molecule has 2 bridgehead atoms. The van der Waals surface area contributed by atoms with Crippen molar-refractivity contribution in [3.8, 4) is 0 Å². The molecule has 6 unspecified atom stereocenters. The molecule has 0 nitrogen and oxygen atoms in total. The summed E-state index contributed by atoms with van der Waals surface area (Å²) in [6, 6.07) is 0. The zero-order valence-corrected chi connectivity index (χ0v) is 13.6. The van der Waals surface area contributed by atoms with Crippen molar-refractivity contribution in [2.45, 2.75) is 51.1 Å². The highest BCUT2D eigenvalue weighted by Gasteiger charge is 2.38. The molecule has 4 rings (SSSR count). The van der Waals surface area contributed by atoms with E-state index in [0.29, 0.717) is 17.8 Å². The lowest BCUT2D eigenvalue weighted by atomic mass is 9.64. The van der Waals surface area contributed by atoms with Crippen molar-refractivity contribution in [2.24, 2.45) is 29.6 Å². The Balaban J connectivity index is 1.46. The predicted octanol–water partition coefficient (Wildman–Crippen LogP) is 6.08. The molecule has 124 valence electrons. The van der Waals surface area contributed by atoms with Crippen LogP contribution in [0.15, 0.2) is 47.9 Å². The van der Waals surface area contributed by atoms with Gasteiger partial charge in [0.15, 0.2) is 0 Å². The van der Waals surface area contributed by atoms with Crippen molar-refractivity contribution in [2.75, 3.05) is 0 Å². The third kappa shape index (κ3) is 3.36. The summed E-state index contributed by atoms with van der Waals surface area (Å²) in [7, 11) is 0. The normalized spacial score (nSPS) is 43.0. The molecule has 0 aliphatic heterocycles. The summed E-state index contributed by atoms with van der Waals surface area (Å²) in [6.07, 6.45) is 18.7. The Kier molecular flexibility index (Phi) is 4.26. The first kappa shape index (κ1) is 15.4. The SMILES string of the molecule is FC1=CC2C=C(C=C1)C=CC(C1CCC3CC(F)CCC3C1)C2. The number of rotatable bonds is 1. The van der Waals surface area contributed by atoms with Crippen molar-refractivity contribution in [1.82, 2.24) is 0 Å². The molecule has 4 aliphatic rings. The minimum atomic E-state index is -0.556. The summed E-state index contributed by atoms with van der Waals surface area (Å²) in [5.74, 6) is 2.67. The molecule has 0 radical (unpaired) electrons. The lowest BCUT2D eigenvalue weighted by molar-refractivity contribution is 0.0665. The molecular formula is C21H26F2. The van der Waals surface area contributed by atoms with E-state index in [1.54, 1.807) is 12.2 Å². The fraction of sp³-hybridized carbons (Fsp3) is 0.619. The summed E-state index contributed by atoms with van der Waals surface area (Å²) < 4.78 is 27.3. The van der Waals surface area contributed by atoms with Gasteiger partial charge in [0.05, 0.1) is 0 Å². The van der Waals surface area contributed by atoms with E-state index in [1.807, 2.05) is 6.08 Å². The lowest BCUT2D eigenvalue weighted by Crippen LogP contribution is -2.34. The van der Waals surface area contributed by atoms with Gasteiger partial charge in [-0.1, -0.05) is 24.3 Å². The van der Waals surface area contributed by atoms with Gasteiger partial charge in [-0.15, -0.1) is 0 Å². The summed E-state index contributed by atoms with van der Waals surface area (Å²) >= 11 is 0. The van der Waals surface area contributed by atoms with Crippen LogP contribution in [0.25, 0.3) is 0 Å². The number of halogens is 2. The molecule has 0 saturated heterocycles. The molecule has 0 N–H and O–H groups in total. The maximum atomic E-state index is 13.7. The molecule has 4 aliphatic carbocycles. The largest absolute Gasteiger partial charge is 0.247 e. The lowest BCUT2D eigenvalue weighted by Gasteiger charge is -2.42. The highest BCUT2D eigenvalue weighted by Crippen LogP contribution is 2.47. The average molecular weight is 316 g/mol. The van der Waals surface area contributed by atoms with Crippen LogP contribution in [-0.2, 0) is 0 Å². The van der Waals surface area contributed by atoms with E-state index in [-0.39, 0.29) is 11.7 Å². The van der Waals surface area contributed by atoms with Gasteiger partial charge in [0, 0.05) is 0 Å². The maximum absolute atomic E-state index is 13.7. The Labute approximate surface area is 138 Å². The number of alkyl halides is 1. The molecule has 6 atom stereocenters. The van der Waals surface area contributed by atoms with E-state index in [4.69, 9.17) is 0 Å². The summed E-state index contributed by atoms with van der Waals surface area (Å²) in [4.78, 5) is 0. The second-order valence-corrected chi connectivity index (χ2v) is 7.98. The van der Waals surface area contributed by atoms with Gasteiger partial charge in [0.25, 0.3) is 0 Å². The molecule has 2 saturated carbocycles. The molecular weight excluding hydrogens is 290 g/mol. The molecule has 23 heavy (non-hydrogen) atoms. The first-order chi connectivity index (χ1) is 11.2. The second-order valence-electron chi connectivity index (χ2n) is 7.98. The molecule has 0 aromatic carbocycles. The Hall–Kier alpha value is -1.18. The Bertz CT molecular complexity index is 568. The van der Waals surface area contributed by atoms with Crippen LogP contribution in [-0.4, -0.2) is 6.17 Å². The zero-order chi connectivity index (χ0) is 15.8. The molecule has 0 heterocycles. The molecule has 0 aromatic rings. The van der Waals surface area contributed by atoms with Crippen LogP contribution in [0, 0.1) is 29.6 Å². The summed E-state index contributed by atoms with van der Waals surface area (Å²) in [5.41, 5.74) is 1.13. The zero-order valence-electron chi connectivity index (χ0n) is 13.6. The molecule has 2 fully saturated rings. The average Bonchev–Trinajstić information content (AvgIpc) is 2.85. The third-order valence-corrected chi connectivity index (χ3v) is 6.49. The van der Waals surface area contributed by atoms with Gasteiger partial charge in [0.2, 0.25) is 0 Å². The van der Waals surface area contributed by atoms with Crippen LogP contribution in [0.3, 0.4) is 0 Å². The first-order valence-corrected chi connectivity index (χ1v) is 9.27. The van der Waals surface area contributed by atoms with Crippen molar-refractivity contribution < 1.29 is 8.78 Å². The van der Waals surface area contributed by atoms with Gasteiger partial charge in [-0.3, -0.25) is 0 Å². The van der Waals surface area contributed by atoms with Gasteiger partial charge >= 0.3 is 0 Å². The highest BCUT2D eigenvalue weighted by molar-refractivity contribution is 5.39. The Morgan fingerprint density at radius 2 is 1.57 bits per heavy atom. The van der Waals surface area contributed by atoms with E-state index in [9.17, 15) is 8.78 Å². The van der Waals surface area contributed by atoms with Crippen LogP contribution in [0.5, 0.6) is 0 Å². The third-order valence-electron chi connectivity index (χ3n) is 6.49. The van der Waals surface area contributed by atoms with Gasteiger partial charge in [-0.05, 0) is 92.3 Å². The quantitative estimate of drug-likeness (QED) is 0.549. The Morgan fingerprint density at radius 3 is 2.48 bits per heavy atom. The van der Waals surface area contributed by atoms with E-state index in [0.717, 1.165) is 37.2 Å². The summed E-state index contributed by atoms with van der Waals surface area (Å²) in [6.45, 7) is 0. The molecule has 0 aromatic heterocycles. The number of fused-ring (bicyclic) bond motifs is 2. The van der Waals surface area contributed by atoms with Crippen LogP contribution < -0.4 is 0 Å².